The van der Waals surface area contributed by atoms with Crippen LogP contribution in [0, 0.1) is 23.7 Å². The Morgan fingerprint density at radius 2 is 0.959 bits per heavy atom. The van der Waals surface area contributed by atoms with E-state index in [4.69, 9.17) is 11.5 Å². The number of nitrogens with two attached hydrogens (primary N) is 2. The minimum atomic E-state index is -1.57. The van der Waals surface area contributed by atoms with Crippen molar-refractivity contribution in [2.24, 2.45) is 35.1 Å². The highest BCUT2D eigenvalue weighted by Crippen LogP contribution is 2.13. The van der Waals surface area contributed by atoms with Gasteiger partial charge in [-0.05, 0) is 94.1 Å². The number of carbonyl (C=O) groups is 10. The number of amides is 8. The van der Waals surface area contributed by atoms with E-state index in [-0.39, 0.29) is 55.8 Å². The number of nitrogens with one attached hydrogen (secondary N) is 8. The first kappa shape index (κ1) is 64.8. The molecule has 73 heavy (non-hydrogen) atoms. The maximum Gasteiger partial charge on any atom is 0.326 e. The van der Waals surface area contributed by atoms with E-state index in [1.165, 1.54) is 6.92 Å². The maximum atomic E-state index is 14.3. The van der Waals surface area contributed by atoms with Gasteiger partial charge in [-0.3, -0.25) is 43.2 Å². The van der Waals surface area contributed by atoms with Crippen LogP contribution in [0.5, 0.6) is 0 Å². The molecule has 0 heterocycles. The average molecular weight is 1030 g/mol. The number of aliphatic hydroxyl groups excluding tert-OH is 1. The summed E-state index contributed by atoms with van der Waals surface area (Å²) < 4.78 is 0. The lowest BCUT2D eigenvalue weighted by molar-refractivity contribution is -0.143. The van der Waals surface area contributed by atoms with Crippen molar-refractivity contribution in [3.63, 3.8) is 0 Å². The number of carboxylic acid groups (broad SMARTS) is 2. The van der Waals surface area contributed by atoms with Crippen molar-refractivity contribution in [3.05, 3.63) is 35.9 Å². The van der Waals surface area contributed by atoms with E-state index in [9.17, 15) is 63.3 Å². The highest BCUT2D eigenvalue weighted by atomic mass is 16.4. The Balaban J connectivity index is 3.41. The number of carboxylic acids is 2. The Bertz CT molecular complexity index is 1970. The third-order valence-corrected chi connectivity index (χ3v) is 11.3. The van der Waals surface area contributed by atoms with Gasteiger partial charge in [-0.25, -0.2) is 4.79 Å². The Hall–Kier alpha value is -6.20. The van der Waals surface area contributed by atoms with Crippen LogP contribution in [0.2, 0.25) is 0 Å². The average Bonchev–Trinajstić information content (AvgIpc) is 3.29. The first-order valence-electron chi connectivity index (χ1n) is 25.2. The molecular formula is C50H84N10O13. The standard InChI is InChI=1S/C50H84N10O13/c1-27(2)21-33(52)43(65)60-42(31(9)61)49(71)58-36(22-28(3)4)44(66)53-26-40(62)54-35(18-19-41(63)64)46(68)57-38(25-32-15-11-10-12-16-32)48(70)56-37(23-29(5)6)47(69)55-34(17-13-14-20-51)45(67)59-39(50(72)73)24-30(7)8/h10-12,15-16,27-31,33-39,42,61H,13-14,17-26,51-52H2,1-9H3,(H,53,66)(H,54,62)(H,55,69)(H,56,70)(H,57,68)(H,58,71)(H,59,67)(H,60,65)(H,63,64)(H,72,73)/t31-,33+,34+,35+,36+,37+,38+,39+,42+/m1/s1. The smallest absolute Gasteiger partial charge is 0.326 e. The zero-order chi connectivity index (χ0) is 55.5. The van der Waals surface area contributed by atoms with Gasteiger partial charge in [0.25, 0.3) is 0 Å². The van der Waals surface area contributed by atoms with Gasteiger partial charge in [0.1, 0.15) is 42.3 Å². The van der Waals surface area contributed by atoms with Crippen LogP contribution in [0.25, 0.3) is 0 Å². The first-order valence-corrected chi connectivity index (χ1v) is 25.2. The molecule has 0 saturated carbocycles. The van der Waals surface area contributed by atoms with Crippen LogP contribution >= 0.6 is 0 Å². The Kier molecular flexibility index (Phi) is 29.8. The maximum absolute atomic E-state index is 14.3. The normalized spacial score (nSPS) is 15.1. The quantitative estimate of drug-likeness (QED) is 0.0389. The van der Waals surface area contributed by atoms with Gasteiger partial charge in [0.05, 0.1) is 18.7 Å². The summed E-state index contributed by atoms with van der Waals surface area (Å²) in [6.45, 7) is 15.3. The Labute approximate surface area is 429 Å². The molecule has 0 unspecified atom stereocenters. The van der Waals surface area contributed by atoms with Crippen LogP contribution in [-0.2, 0) is 54.4 Å². The summed E-state index contributed by atoms with van der Waals surface area (Å²) >= 11 is 0. The minimum absolute atomic E-state index is 0.0643. The number of hydrogen-bond donors (Lipinski definition) is 13. The van der Waals surface area contributed by atoms with Crippen molar-refractivity contribution in [1.29, 1.82) is 0 Å². The molecule has 0 aromatic heterocycles. The second kappa shape index (κ2) is 33.5. The zero-order valence-corrected chi connectivity index (χ0v) is 44.0. The molecule has 1 aromatic rings. The molecule has 0 aliphatic heterocycles. The molecule has 0 spiro atoms. The van der Waals surface area contributed by atoms with Crippen molar-refractivity contribution in [1.82, 2.24) is 42.5 Å². The van der Waals surface area contributed by atoms with Crippen molar-refractivity contribution in [3.8, 4) is 0 Å². The van der Waals surface area contributed by atoms with Crippen molar-refractivity contribution in [2.45, 2.75) is 181 Å². The monoisotopic (exact) mass is 1030 g/mol. The van der Waals surface area contributed by atoms with Gasteiger partial charge >= 0.3 is 11.9 Å². The number of aliphatic carboxylic acids is 2. The molecular weight excluding hydrogens is 949 g/mol. The van der Waals surface area contributed by atoms with E-state index in [1.807, 2.05) is 13.8 Å². The van der Waals surface area contributed by atoms with Crippen LogP contribution < -0.4 is 54.0 Å². The van der Waals surface area contributed by atoms with Crippen molar-refractivity contribution < 1.29 is 63.3 Å². The number of hydrogen-bond acceptors (Lipinski definition) is 13. The van der Waals surface area contributed by atoms with Gasteiger partial charge in [-0.15, -0.1) is 0 Å². The van der Waals surface area contributed by atoms with Gasteiger partial charge in [-0.2, -0.15) is 0 Å². The summed E-state index contributed by atoms with van der Waals surface area (Å²) in [4.78, 5) is 133. The van der Waals surface area contributed by atoms with E-state index in [2.05, 4.69) is 42.5 Å². The van der Waals surface area contributed by atoms with Gasteiger partial charge in [0.15, 0.2) is 0 Å². The molecule has 412 valence electrons. The Morgan fingerprint density at radius 1 is 0.507 bits per heavy atom. The van der Waals surface area contributed by atoms with Crippen molar-refractivity contribution in [2.75, 3.05) is 13.1 Å². The summed E-state index contributed by atoms with van der Waals surface area (Å²) in [6, 6.07) is -1.87. The predicted molar refractivity (Wildman–Crippen MR) is 272 cm³/mol. The number of unbranched alkanes of at least 4 members (excludes halogenated alkanes) is 1. The summed E-state index contributed by atoms with van der Waals surface area (Å²) in [5.41, 5.74) is 12.2. The topological polar surface area (TPSA) is 380 Å². The highest BCUT2D eigenvalue weighted by molar-refractivity contribution is 5.97. The second-order valence-electron chi connectivity index (χ2n) is 20.2. The largest absolute Gasteiger partial charge is 0.481 e. The third-order valence-electron chi connectivity index (χ3n) is 11.3. The van der Waals surface area contributed by atoms with Crippen molar-refractivity contribution >= 4 is 59.2 Å². The highest BCUT2D eigenvalue weighted by Gasteiger charge is 2.35. The molecule has 1 rings (SSSR count). The molecule has 23 heteroatoms. The second-order valence-corrected chi connectivity index (χ2v) is 20.2. The van der Waals surface area contributed by atoms with Crippen LogP contribution in [0.15, 0.2) is 30.3 Å². The molecule has 23 nitrogen and oxygen atoms in total. The summed E-state index contributed by atoms with van der Waals surface area (Å²) in [5, 5.41) is 50.0. The molecule has 8 amide bonds. The summed E-state index contributed by atoms with van der Waals surface area (Å²) in [7, 11) is 0. The fraction of sp³-hybridized carbons (Fsp3) is 0.680. The lowest BCUT2D eigenvalue weighted by atomic mass is 9.99. The van der Waals surface area contributed by atoms with Gasteiger partial charge in [0, 0.05) is 12.8 Å². The SMILES string of the molecule is CC(C)C[C@H](NC(=O)[C@H](CCCCN)NC(=O)[C@H](CC(C)C)NC(=O)[C@H](Cc1ccccc1)NC(=O)[C@H](CCC(=O)O)NC(=O)CNC(=O)[C@H](CC(C)C)NC(=O)[C@@H](NC(=O)[C@@H](N)CC(C)C)[C@@H](C)O)C(=O)O. The summed E-state index contributed by atoms with van der Waals surface area (Å²) in [6.07, 6.45) is -0.967. The zero-order valence-electron chi connectivity index (χ0n) is 44.0. The fourth-order valence-corrected chi connectivity index (χ4v) is 7.62. The van der Waals surface area contributed by atoms with E-state index in [0.29, 0.717) is 31.4 Å². The molecule has 0 aliphatic rings. The van der Waals surface area contributed by atoms with E-state index >= 15 is 0 Å². The number of aliphatic hydroxyl groups is 1. The predicted octanol–water partition coefficient (Wildman–Crippen LogP) is -0.290. The fourth-order valence-electron chi connectivity index (χ4n) is 7.62. The Morgan fingerprint density at radius 3 is 1.47 bits per heavy atom. The van der Waals surface area contributed by atoms with Crippen LogP contribution in [0.4, 0.5) is 0 Å². The first-order chi connectivity index (χ1) is 34.1. The van der Waals surface area contributed by atoms with Gasteiger partial charge < -0.3 is 69.3 Å². The molecule has 0 radical (unpaired) electrons. The molecule has 0 bridgehead atoms. The van der Waals surface area contributed by atoms with E-state index in [1.54, 1.807) is 71.9 Å². The number of carbonyl (C=O) groups excluding carboxylic acids is 8. The van der Waals surface area contributed by atoms with Crippen LogP contribution in [0.3, 0.4) is 0 Å². The minimum Gasteiger partial charge on any atom is -0.481 e. The van der Waals surface area contributed by atoms with E-state index < -0.39 is 133 Å². The van der Waals surface area contributed by atoms with Gasteiger partial charge in [0.2, 0.25) is 47.3 Å². The van der Waals surface area contributed by atoms with Crippen LogP contribution in [-0.4, -0.2) is 142 Å². The molecule has 0 saturated heterocycles. The summed E-state index contributed by atoms with van der Waals surface area (Å²) in [5.74, 6) is -9.56. The van der Waals surface area contributed by atoms with Crippen LogP contribution in [0.1, 0.15) is 126 Å². The van der Waals surface area contributed by atoms with E-state index in [0.717, 1.165) is 0 Å². The molecule has 0 fully saturated rings. The lowest BCUT2D eigenvalue weighted by Gasteiger charge is -2.28. The molecule has 1 aromatic carbocycles. The van der Waals surface area contributed by atoms with Gasteiger partial charge in [-0.1, -0.05) is 85.7 Å². The molecule has 15 N–H and O–H groups in total. The molecule has 0 aliphatic carbocycles. The number of benzene rings is 1. The third kappa shape index (κ3) is 26.4. The number of rotatable bonds is 35. The molecule has 9 atom stereocenters. The lowest BCUT2D eigenvalue weighted by Crippen LogP contribution is -2.60.